The SMILES string of the molecule is C[C@@H](NCC(=O)NC(=O)NC1CC1)c1ccccc1Cl. The summed E-state index contributed by atoms with van der Waals surface area (Å²) in [6.07, 6.45) is 1.98. The van der Waals surface area contributed by atoms with Crippen LogP contribution in [0.2, 0.25) is 5.02 Å². The third kappa shape index (κ3) is 4.51. The van der Waals surface area contributed by atoms with Crippen molar-refractivity contribution in [2.45, 2.75) is 31.8 Å². The summed E-state index contributed by atoms with van der Waals surface area (Å²) in [5.41, 5.74) is 0.921. The van der Waals surface area contributed by atoms with Crippen LogP contribution in [-0.2, 0) is 4.79 Å². The minimum absolute atomic E-state index is 0.0600. The molecule has 1 atom stereocenters. The highest BCUT2D eigenvalue weighted by molar-refractivity contribution is 6.31. The molecule has 1 fully saturated rings. The van der Waals surface area contributed by atoms with E-state index in [9.17, 15) is 9.59 Å². The topological polar surface area (TPSA) is 70.2 Å². The summed E-state index contributed by atoms with van der Waals surface area (Å²) in [5.74, 6) is -0.359. The molecule has 3 N–H and O–H groups in total. The van der Waals surface area contributed by atoms with Gasteiger partial charge in [-0.25, -0.2) is 4.79 Å². The minimum Gasteiger partial charge on any atom is -0.335 e. The zero-order valence-electron chi connectivity index (χ0n) is 11.3. The van der Waals surface area contributed by atoms with Gasteiger partial charge in [-0.1, -0.05) is 29.8 Å². The van der Waals surface area contributed by atoms with Gasteiger partial charge < -0.3 is 10.6 Å². The van der Waals surface area contributed by atoms with E-state index >= 15 is 0 Å². The van der Waals surface area contributed by atoms with Crippen molar-refractivity contribution in [3.63, 3.8) is 0 Å². The van der Waals surface area contributed by atoms with E-state index in [0.29, 0.717) is 5.02 Å². The Bertz CT molecular complexity index is 503. The van der Waals surface area contributed by atoms with Crippen LogP contribution in [0.25, 0.3) is 0 Å². The lowest BCUT2D eigenvalue weighted by Gasteiger charge is -2.15. The number of urea groups is 1. The first-order valence-electron chi connectivity index (χ1n) is 6.64. The van der Waals surface area contributed by atoms with E-state index < -0.39 is 6.03 Å². The molecule has 0 unspecified atom stereocenters. The Morgan fingerprint density at radius 3 is 2.70 bits per heavy atom. The number of carbonyl (C=O) groups excluding carboxylic acids is 2. The standard InChI is InChI=1S/C14H18ClN3O2/c1-9(11-4-2-3-5-12(11)15)16-8-13(19)18-14(20)17-10-6-7-10/h2-5,9-10,16H,6-8H2,1H3,(H2,17,18,19,20)/t9-/m1/s1. The summed E-state index contributed by atoms with van der Waals surface area (Å²) in [4.78, 5) is 23.0. The number of halogens is 1. The first kappa shape index (κ1) is 14.8. The lowest BCUT2D eigenvalue weighted by molar-refractivity contribution is -0.119. The summed E-state index contributed by atoms with van der Waals surface area (Å²) in [6, 6.07) is 7.19. The van der Waals surface area contributed by atoms with Gasteiger partial charge in [0.15, 0.2) is 0 Å². The Morgan fingerprint density at radius 1 is 1.35 bits per heavy atom. The van der Waals surface area contributed by atoms with Crippen molar-refractivity contribution < 1.29 is 9.59 Å². The Hall–Kier alpha value is -1.59. The smallest absolute Gasteiger partial charge is 0.321 e. The van der Waals surface area contributed by atoms with Crippen molar-refractivity contribution >= 4 is 23.5 Å². The van der Waals surface area contributed by atoms with Gasteiger partial charge in [0.2, 0.25) is 5.91 Å². The van der Waals surface area contributed by atoms with E-state index in [2.05, 4.69) is 16.0 Å². The van der Waals surface area contributed by atoms with Gasteiger partial charge in [0, 0.05) is 17.1 Å². The van der Waals surface area contributed by atoms with Crippen LogP contribution < -0.4 is 16.0 Å². The molecule has 0 aliphatic heterocycles. The van der Waals surface area contributed by atoms with Crippen LogP contribution in [0.1, 0.15) is 31.4 Å². The normalized spacial score (nSPS) is 15.5. The van der Waals surface area contributed by atoms with Crippen molar-refractivity contribution in [1.82, 2.24) is 16.0 Å². The Kier molecular flexibility index (Phi) is 4.98. The fourth-order valence-corrected chi connectivity index (χ4v) is 2.10. The Balaban J connectivity index is 1.75. The van der Waals surface area contributed by atoms with E-state index in [1.54, 1.807) is 6.07 Å². The molecule has 0 saturated heterocycles. The van der Waals surface area contributed by atoms with E-state index in [1.807, 2.05) is 25.1 Å². The first-order valence-corrected chi connectivity index (χ1v) is 7.02. The maximum absolute atomic E-state index is 11.6. The molecule has 108 valence electrons. The predicted molar refractivity (Wildman–Crippen MR) is 77.6 cm³/mol. The highest BCUT2D eigenvalue weighted by atomic mass is 35.5. The van der Waals surface area contributed by atoms with E-state index in [-0.39, 0.29) is 24.5 Å². The van der Waals surface area contributed by atoms with Gasteiger partial charge in [-0.15, -0.1) is 0 Å². The summed E-state index contributed by atoms with van der Waals surface area (Å²) in [6.45, 7) is 1.98. The molecular weight excluding hydrogens is 278 g/mol. The molecule has 0 radical (unpaired) electrons. The molecule has 2 rings (SSSR count). The van der Waals surface area contributed by atoms with Crippen LogP contribution >= 0.6 is 11.6 Å². The zero-order valence-corrected chi connectivity index (χ0v) is 12.0. The van der Waals surface area contributed by atoms with Gasteiger partial charge in [-0.2, -0.15) is 0 Å². The quantitative estimate of drug-likeness (QED) is 0.778. The predicted octanol–water partition coefficient (Wildman–Crippen LogP) is 1.98. The number of benzene rings is 1. The van der Waals surface area contributed by atoms with Crippen molar-refractivity contribution in [2.24, 2.45) is 0 Å². The average molecular weight is 296 g/mol. The molecule has 0 heterocycles. The zero-order chi connectivity index (χ0) is 14.5. The van der Waals surface area contributed by atoms with Gasteiger partial charge in [0.1, 0.15) is 0 Å². The van der Waals surface area contributed by atoms with Crippen LogP contribution in [0, 0.1) is 0 Å². The second kappa shape index (κ2) is 6.72. The summed E-state index contributed by atoms with van der Waals surface area (Å²) >= 11 is 6.08. The second-order valence-corrected chi connectivity index (χ2v) is 5.33. The summed E-state index contributed by atoms with van der Waals surface area (Å²) < 4.78 is 0. The van der Waals surface area contributed by atoms with Crippen molar-refractivity contribution in [3.8, 4) is 0 Å². The molecule has 1 aliphatic carbocycles. The van der Waals surface area contributed by atoms with Crippen LogP contribution in [0.4, 0.5) is 4.79 Å². The molecule has 0 bridgehead atoms. The molecule has 0 aromatic heterocycles. The third-order valence-electron chi connectivity index (χ3n) is 3.11. The average Bonchev–Trinajstić information content (AvgIpc) is 3.20. The minimum atomic E-state index is -0.426. The van der Waals surface area contributed by atoms with Gasteiger partial charge in [-0.3, -0.25) is 10.1 Å². The lowest BCUT2D eigenvalue weighted by Crippen LogP contribution is -2.44. The van der Waals surface area contributed by atoms with Crippen molar-refractivity contribution in [3.05, 3.63) is 34.9 Å². The maximum Gasteiger partial charge on any atom is 0.321 e. The number of carbonyl (C=O) groups is 2. The molecule has 5 nitrogen and oxygen atoms in total. The number of imide groups is 1. The van der Waals surface area contributed by atoms with Crippen LogP contribution in [0.3, 0.4) is 0 Å². The number of nitrogens with one attached hydrogen (secondary N) is 3. The van der Waals surface area contributed by atoms with Crippen LogP contribution in [0.15, 0.2) is 24.3 Å². The maximum atomic E-state index is 11.6. The number of rotatable bonds is 5. The molecule has 20 heavy (non-hydrogen) atoms. The molecular formula is C14H18ClN3O2. The highest BCUT2D eigenvalue weighted by Gasteiger charge is 2.23. The van der Waals surface area contributed by atoms with Crippen molar-refractivity contribution in [2.75, 3.05) is 6.54 Å². The molecule has 1 saturated carbocycles. The summed E-state index contributed by atoms with van der Waals surface area (Å²) in [5, 5.41) is 8.67. The number of hydrogen-bond donors (Lipinski definition) is 3. The largest absolute Gasteiger partial charge is 0.335 e. The molecule has 1 aromatic rings. The molecule has 3 amide bonds. The number of amides is 3. The number of hydrogen-bond acceptors (Lipinski definition) is 3. The molecule has 1 aliphatic rings. The summed E-state index contributed by atoms with van der Waals surface area (Å²) in [7, 11) is 0. The Morgan fingerprint density at radius 2 is 2.05 bits per heavy atom. The van der Waals surface area contributed by atoms with Crippen LogP contribution in [-0.4, -0.2) is 24.5 Å². The van der Waals surface area contributed by atoms with E-state index in [0.717, 1.165) is 18.4 Å². The monoisotopic (exact) mass is 295 g/mol. The van der Waals surface area contributed by atoms with E-state index in [4.69, 9.17) is 11.6 Å². The van der Waals surface area contributed by atoms with Gasteiger partial charge in [-0.05, 0) is 31.4 Å². The lowest BCUT2D eigenvalue weighted by atomic mass is 10.1. The van der Waals surface area contributed by atoms with Gasteiger partial charge in [0.05, 0.1) is 6.54 Å². The van der Waals surface area contributed by atoms with Gasteiger partial charge in [0.25, 0.3) is 0 Å². The molecule has 1 aromatic carbocycles. The first-order chi connectivity index (χ1) is 9.56. The molecule has 0 spiro atoms. The Labute approximate surface area is 123 Å². The second-order valence-electron chi connectivity index (χ2n) is 4.92. The van der Waals surface area contributed by atoms with Gasteiger partial charge >= 0.3 is 6.03 Å². The molecule has 6 heteroatoms. The van der Waals surface area contributed by atoms with E-state index in [1.165, 1.54) is 0 Å². The third-order valence-corrected chi connectivity index (χ3v) is 3.45. The van der Waals surface area contributed by atoms with Crippen LogP contribution in [0.5, 0.6) is 0 Å². The van der Waals surface area contributed by atoms with Crippen molar-refractivity contribution in [1.29, 1.82) is 0 Å². The fourth-order valence-electron chi connectivity index (χ4n) is 1.80. The highest BCUT2D eigenvalue weighted by Crippen LogP contribution is 2.21. The fraction of sp³-hybridized carbons (Fsp3) is 0.429.